The van der Waals surface area contributed by atoms with Crippen molar-refractivity contribution in [1.82, 2.24) is 19.7 Å². The highest BCUT2D eigenvalue weighted by atomic mass is 16.5. The number of carbonyl (C=O) groups excluding carboxylic acids is 2. The topological polar surface area (TPSA) is 68.9 Å². The van der Waals surface area contributed by atoms with Gasteiger partial charge in [-0.1, -0.05) is 30.3 Å². The maximum Gasteiger partial charge on any atom is 0.270 e. The number of carbonyl (C=O) groups is 2. The molecule has 1 aliphatic carbocycles. The van der Waals surface area contributed by atoms with Crippen LogP contribution in [0.2, 0.25) is 0 Å². The number of nitrogens with one attached hydrogen (secondary N) is 1. The summed E-state index contributed by atoms with van der Waals surface area (Å²) in [5.41, 5.74) is 2.51. The first kappa shape index (κ1) is 21.2. The average Bonchev–Trinajstić information content (AvgIpc) is 3.26. The number of nitrogens with zero attached hydrogens (tertiary/aromatic N) is 3. The Balaban J connectivity index is 1.23. The number of piperazine rings is 1. The van der Waals surface area contributed by atoms with Crippen LogP contribution in [0.1, 0.15) is 22.5 Å². The van der Waals surface area contributed by atoms with Gasteiger partial charge in [0.05, 0.1) is 13.2 Å². The van der Waals surface area contributed by atoms with E-state index in [0.717, 1.165) is 53.7 Å². The first-order chi connectivity index (χ1) is 16.6. The monoisotopic (exact) mass is 458 g/mol. The number of benzene rings is 2. The summed E-state index contributed by atoms with van der Waals surface area (Å²) >= 11 is 0. The minimum atomic E-state index is -0.128. The molecule has 6 rings (SSSR count). The third-order valence-electron chi connectivity index (χ3n) is 7.58. The van der Waals surface area contributed by atoms with Gasteiger partial charge in [0.15, 0.2) is 0 Å². The molecule has 0 spiro atoms. The lowest BCUT2D eigenvalue weighted by molar-refractivity contribution is -0.140. The van der Waals surface area contributed by atoms with Gasteiger partial charge in [-0.2, -0.15) is 0 Å². The number of hydrogen-bond acceptors (Lipinski definition) is 4. The van der Waals surface area contributed by atoms with E-state index in [1.54, 1.807) is 12.0 Å². The van der Waals surface area contributed by atoms with Crippen molar-refractivity contribution < 1.29 is 14.3 Å². The zero-order chi connectivity index (χ0) is 23.2. The van der Waals surface area contributed by atoms with Crippen LogP contribution in [0.3, 0.4) is 0 Å². The highest BCUT2D eigenvalue weighted by Crippen LogP contribution is 2.45. The number of H-pyrrole nitrogens is 1. The molecule has 3 atom stereocenters. The number of fused-ring (bicyclic) bond motifs is 2. The molecule has 2 unspecified atom stereocenters. The Morgan fingerprint density at radius 3 is 2.62 bits per heavy atom. The number of methoxy groups -OCH3 is 1. The van der Waals surface area contributed by atoms with E-state index in [1.165, 1.54) is 6.42 Å². The Bertz CT molecular complexity index is 1210. The molecule has 2 aromatic carbocycles. The van der Waals surface area contributed by atoms with Crippen molar-refractivity contribution in [3.05, 3.63) is 65.9 Å². The molecule has 1 saturated carbocycles. The molecule has 2 saturated heterocycles. The van der Waals surface area contributed by atoms with E-state index in [9.17, 15) is 9.59 Å². The molecule has 3 aromatic rings. The molecule has 2 aliphatic heterocycles. The smallest absolute Gasteiger partial charge is 0.270 e. The SMILES string of the molecule is COc1ccc2[nH]c(C(=O)N3CC(=O)N(Cc4ccccc4)[C@@H](CN4CC5CC5C4)C3)cc2c1. The molecule has 34 heavy (non-hydrogen) atoms. The molecule has 176 valence electrons. The molecule has 0 radical (unpaired) electrons. The lowest BCUT2D eigenvalue weighted by atomic mass is 10.1. The van der Waals surface area contributed by atoms with Crippen molar-refractivity contribution in [2.45, 2.75) is 19.0 Å². The summed E-state index contributed by atoms with van der Waals surface area (Å²) in [6.45, 7) is 4.28. The van der Waals surface area contributed by atoms with Crippen LogP contribution < -0.4 is 4.74 Å². The van der Waals surface area contributed by atoms with Crippen LogP contribution in [0.5, 0.6) is 5.75 Å². The van der Waals surface area contributed by atoms with E-state index < -0.39 is 0 Å². The number of ether oxygens (including phenoxy) is 1. The summed E-state index contributed by atoms with van der Waals surface area (Å²) in [5, 5.41) is 0.921. The molecular weight excluding hydrogens is 428 g/mol. The number of amides is 2. The first-order valence-electron chi connectivity index (χ1n) is 12.1. The number of aromatic amines is 1. The predicted molar refractivity (Wildman–Crippen MR) is 130 cm³/mol. The molecule has 2 amide bonds. The third kappa shape index (κ3) is 4.05. The second-order valence-corrected chi connectivity index (χ2v) is 9.96. The number of hydrogen-bond donors (Lipinski definition) is 1. The van der Waals surface area contributed by atoms with E-state index in [1.807, 2.05) is 47.4 Å². The molecule has 7 heteroatoms. The van der Waals surface area contributed by atoms with Gasteiger partial charge in [-0.25, -0.2) is 0 Å². The number of likely N-dealkylation sites (tertiary alicyclic amines) is 1. The second-order valence-electron chi connectivity index (χ2n) is 9.96. The molecule has 7 nitrogen and oxygen atoms in total. The van der Waals surface area contributed by atoms with Crippen molar-refractivity contribution >= 4 is 22.7 Å². The van der Waals surface area contributed by atoms with E-state index in [0.29, 0.717) is 18.8 Å². The summed E-state index contributed by atoms with van der Waals surface area (Å²) in [5.74, 6) is 2.30. The van der Waals surface area contributed by atoms with Gasteiger partial charge in [0.2, 0.25) is 5.91 Å². The number of rotatable bonds is 6. The standard InChI is InChI=1S/C27H30N4O3/c1-34-23-7-8-24-19(10-23)11-25(28-24)27(33)30-16-22(15-29-13-20-9-21(20)14-29)31(26(32)17-30)12-18-5-3-2-4-6-18/h2-8,10-11,20-22,28H,9,12-17H2,1H3/t20?,21?,22-/m0/s1. The maximum atomic E-state index is 13.5. The van der Waals surface area contributed by atoms with Gasteiger partial charge in [0.25, 0.3) is 5.91 Å². The Labute approximate surface area is 199 Å². The number of aromatic nitrogens is 1. The molecule has 1 aromatic heterocycles. The third-order valence-corrected chi connectivity index (χ3v) is 7.58. The first-order valence-corrected chi connectivity index (χ1v) is 12.1. The summed E-state index contributed by atoms with van der Waals surface area (Å²) in [7, 11) is 1.63. The van der Waals surface area contributed by atoms with Gasteiger partial charge >= 0.3 is 0 Å². The normalized spacial score (nSPS) is 24.5. The fourth-order valence-corrected chi connectivity index (χ4v) is 5.65. The average molecular weight is 459 g/mol. The van der Waals surface area contributed by atoms with Crippen LogP contribution in [0.4, 0.5) is 0 Å². The zero-order valence-electron chi connectivity index (χ0n) is 19.4. The van der Waals surface area contributed by atoms with Gasteiger partial charge < -0.3 is 24.4 Å². The minimum Gasteiger partial charge on any atom is -0.497 e. The summed E-state index contributed by atoms with van der Waals surface area (Å²) in [4.78, 5) is 36.2. The lowest BCUT2D eigenvalue weighted by Crippen LogP contribution is -2.60. The van der Waals surface area contributed by atoms with Crippen LogP contribution in [0.25, 0.3) is 10.9 Å². The van der Waals surface area contributed by atoms with Gasteiger partial charge in [-0.3, -0.25) is 9.59 Å². The van der Waals surface area contributed by atoms with Gasteiger partial charge in [0, 0.05) is 43.6 Å². The Morgan fingerprint density at radius 1 is 1.06 bits per heavy atom. The largest absolute Gasteiger partial charge is 0.497 e. The van der Waals surface area contributed by atoms with Crippen molar-refractivity contribution in [3.63, 3.8) is 0 Å². The second kappa shape index (κ2) is 8.47. The fraction of sp³-hybridized carbons (Fsp3) is 0.407. The number of piperidine rings is 1. The minimum absolute atomic E-state index is 0.00981. The summed E-state index contributed by atoms with van der Waals surface area (Å²) < 4.78 is 5.31. The van der Waals surface area contributed by atoms with Crippen molar-refractivity contribution in [3.8, 4) is 5.75 Å². The molecular formula is C27H30N4O3. The van der Waals surface area contributed by atoms with E-state index in [2.05, 4.69) is 22.0 Å². The predicted octanol–water partition coefficient (Wildman–Crippen LogP) is 2.98. The highest BCUT2D eigenvalue weighted by Gasteiger charge is 2.46. The van der Waals surface area contributed by atoms with Crippen LogP contribution in [0, 0.1) is 11.8 Å². The van der Waals surface area contributed by atoms with Gasteiger partial charge in [0.1, 0.15) is 18.0 Å². The molecule has 3 heterocycles. The Kier molecular flexibility index (Phi) is 5.29. The van der Waals surface area contributed by atoms with Crippen LogP contribution in [-0.4, -0.2) is 77.4 Å². The van der Waals surface area contributed by atoms with Crippen molar-refractivity contribution in [2.24, 2.45) is 11.8 Å². The van der Waals surface area contributed by atoms with E-state index in [4.69, 9.17) is 4.74 Å². The molecule has 3 aliphatic rings. The summed E-state index contributed by atoms with van der Waals surface area (Å²) in [6.07, 6.45) is 1.35. The highest BCUT2D eigenvalue weighted by molar-refractivity contribution is 6.00. The quantitative estimate of drug-likeness (QED) is 0.617. The maximum absolute atomic E-state index is 13.5. The zero-order valence-corrected chi connectivity index (χ0v) is 19.4. The van der Waals surface area contributed by atoms with Crippen molar-refractivity contribution in [2.75, 3.05) is 39.8 Å². The van der Waals surface area contributed by atoms with Gasteiger partial charge in [-0.05, 0) is 48.1 Å². The van der Waals surface area contributed by atoms with Crippen LogP contribution in [-0.2, 0) is 11.3 Å². The van der Waals surface area contributed by atoms with Crippen molar-refractivity contribution in [1.29, 1.82) is 0 Å². The van der Waals surface area contributed by atoms with E-state index in [-0.39, 0.29) is 24.4 Å². The summed E-state index contributed by atoms with van der Waals surface area (Å²) in [6, 6.07) is 17.7. The van der Waals surface area contributed by atoms with Crippen LogP contribution >= 0.6 is 0 Å². The van der Waals surface area contributed by atoms with Gasteiger partial charge in [-0.15, -0.1) is 0 Å². The van der Waals surface area contributed by atoms with Crippen LogP contribution in [0.15, 0.2) is 54.6 Å². The Hall–Kier alpha value is -3.32. The fourth-order valence-electron chi connectivity index (χ4n) is 5.65. The Morgan fingerprint density at radius 2 is 1.85 bits per heavy atom. The molecule has 0 bridgehead atoms. The van der Waals surface area contributed by atoms with E-state index >= 15 is 0 Å². The molecule has 1 N–H and O–H groups in total. The molecule has 3 fully saturated rings. The lowest BCUT2D eigenvalue weighted by Gasteiger charge is -2.42.